The van der Waals surface area contributed by atoms with Gasteiger partial charge in [-0.3, -0.25) is 4.79 Å². The fraction of sp³-hybridized carbons (Fsp3) is 0.900. The number of hydrogen-bond acceptors (Lipinski definition) is 4. The van der Waals surface area contributed by atoms with Crippen molar-refractivity contribution in [1.82, 2.24) is 5.32 Å². The predicted molar refractivity (Wildman–Crippen MR) is 61.1 cm³/mol. The third kappa shape index (κ3) is 4.94. The van der Waals surface area contributed by atoms with E-state index in [-0.39, 0.29) is 17.7 Å². The lowest BCUT2D eigenvalue weighted by Crippen LogP contribution is -2.38. The molecule has 0 radical (unpaired) electrons. The number of aliphatic carboxylic acids is 1. The van der Waals surface area contributed by atoms with E-state index in [1.807, 2.05) is 0 Å². The molecular formula is C10H19NO4S. The first-order valence-electron chi connectivity index (χ1n) is 5.52. The molecule has 0 bridgehead atoms. The van der Waals surface area contributed by atoms with E-state index in [0.717, 1.165) is 19.3 Å². The second-order valence-corrected chi connectivity index (χ2v) is 6.74. The molecule has 0 aromatic carbocycles. The van der Waals surface area contributed by atoms with Crippen molar-refractivity contribution in [2.45, 2.75) is 31.7 Å². The second kappa shape index (κ2) is 5.63. The summed E-state index contributed by atoms with van der Waals surface area (Å²) in [6.07, 6.45) is 4.38. The van der Waals surface area contributed by atoms with Crippen molar-refractivity contribution in [3.8, 4) is 0 Å². The van der Waals surface area contributed by atoms with Crippen LogP contribution in [-0.2, 0) is 14.6 Å². The molecule has 1 rings (SSSR count). The highest BCUT2D eigenvalue weighted by Gasteiger charge is 2.26. The van der Waals surface area contributed by atoms with Crippen molar-refractivity contribution in [3.63, 3.8) is 0 Å². The highest BCUT2D eigenvalue weighted by molar-refractivity contribution is 7.90. The third-order valence-electron chi connectivity index (χ3n) is 2.93. The van der Waals surface area contributed by atoms with Gasteiger partial charge in [0.25, 0.3) is 0 Å². The van der Waals surface area contributed by atoms with E-state index in [9.17, 15) is 13.2 Å². The molecule has 1 aliphatic carbocycles. The molecule has 0 aromatic heterocycles. The van der Waals surface area contributed by atoms with Crippen LogP contribution in [0.1, 0.15) is 25.7 Å². The van der Waals surface area contributed by atoms with Gasteiger partial charge >= 0.3 is 5.97 Å². The maximum absolute atomic E-state index is 10.9. The molecule has 0 spiro atoms. The first-order valence-corrected chi connectivity index (χ1v) is 7.58. The molecule has 0 aliphatic heterocycles. The van der Waals surface area contributed by atoms with Gasteiger partial charge in [-0.1, -0.05) is 6.42 Å². The molecule has 94 valence electrons. The van der Waals surface area contributed by atoms with Gasteiger partial charge in [0.15, 0.2) is 0 Å². The van der Waals surface area contributed by atoms with Gasteiger partial charge in [0.2, 0.25) is 0 Å². The maximum atomic E-state index is 10.9. The average molecular weight is 249 g/mol. The SMILES string of the molecule is CS(=O)(=O)CCNC1CCCC(C(=O)O)C1. The lowest BCUT2D eigenvalue weighted by Gasteiger charge is -2.27. The molecule has 0 heterocycles. The number of hydrogen-bond donors (Lipinski definition) is 2. The van der Waals surface area contributed by atoms with Crippen LogP contribution in [-0.4, -0.2) is 44.1 Å². The standard InChI is InChI=1S/C10H19NO4S/c1-16(14,15)6-5-11-9-4-2-3-8(7-9)10(12)13/h8-9,11H,2-7H2,1H3,(H,12,13). The summed E-state index contributed by atoms with van der Waals surface area (Å²) in [6, 6.07) is 0.150. The summed E-state index contributed by atoms with van der Waals surface area (Å²) < 4.78 is 21.8. The van der Waals surface area contributed by atoms with Gasteiger partial charge in [-0.05, 0) is 19.3 Å². The Bertz CT molecular complexity index is 339. The number of nitrogens with one attached hydrogen (secondary N) is 1. The largest absolute Gasteiger partial charge is 0.481 e. The quantitative estimate of drug-likeness (QED) is 0.730. The van der Waals surface area contributed by atoms with E-state index < -0.39 is 15.8 Å². The Labute approximate surface area is 96.1 Å². The molecule has 1 fully saturated rings. The average Bonchev–Trinajstić information content (AvgIpc) is 2.16. The first kappa shape index (κ1) is 13.4. The minimum Gasteiger partial charge on any atom is -0.481 e. The van der Waals surface area contributed by atoms with E-state index in [0.29, 0.717) is 13.0 Å². The Morgan fingerprint density at radius 2 is 2.12 bits per heavy atom. The fourth-order valence-electron chi connectivity index (χ4n) is 2.05. The predicted octanol–water partition coefficient (Wildman–Crippen LogP) is 0.264. The molecule has 5 nitrogen and oxygen atoms in total. The number of sulfone groups is 1. The molecule has 2 N–H and O–H groups in total. The van der Waals surface area contributed by atoms with E-state index in [1.165, 1.54) is 6.26 Å². The van der Waals surface area contributed by atoms with Crippen LogP contribution in [0.4, 0.5) is 0 Å². The monoisotopic (exact) mass is 249 g/mol. The minimum atomic E-state index is -2.93. The summed E-state index contributed by atoms with van der Waals surface area (Å²) in [5, 5.41) is 12.0. The molecule has 2 unspecified atom stereocenters. The van der Waals surface area contributed by atoms with Crippen molar-refractivity contribution in [2.24, 2.45) is 5.92 Å². The number of carboxylic acids is 1. The molecule has 2 atom stereocenters. The van der Waals surface area contributed by atoms with Gasteiger partial charge in [-0.25, -0.2) is 8.42 Å². The topological polar surface area (TPSA) is 83.5 Å². The summed E-state index contributed by atoms with van der Waals surface area (Å²) in [7, 11) is -2.93. The minimum absolute atomic E-state index is 0.112. The number of carbonyl (C=O) groups is 1. The lowest BCUT2D eigenvalue weighted by molar-refractivity contribution is -0.143. The van der Waals surface area contributed by atoms with Crippen LogP contribution in [0.2, 0.25) is 0 Å². The number of rotatable bonds is 5. The summed E-state index contributed by atoms with van der Waals surface area (Å²) in [5.74, 6) is -0.902. The highest BCUT2D eigenvalue weighted by Crippen LogP contribution is 2.24. The van der Waals surface area contributed by atoms with Crippen molar-refractivity contribution in [3.05, 3.63) is 0 Å². The van der Waals surface area contributed by atoms with Crippen LogP contribution in [0.5, 0.6) is 0 Å². The summed E-state index contributed by atoms with van der Waals surface area (Å²) in [6.45, 7) is 0.413. The molecule has 1 saturated carbocycles. The molecule has 1 aliphatic rings. The van der Waals surface area contributed by atoms with Crippen LogP contribution in [0, 0.1) is 5.92 Å². The van der Waals surface area contributed by atoms with Crippen molar-refractivity contribution in [1.29, 1.82) is 0 Å². The number of carboxylic acid groups (broad SMARTS) is 1. The summed E-state index contributed by atoms with van der Waals surface area (Å²) in [4.78, 5) is 10.8. The third-order valence-corrected chi connectivity index (χ3v) is 3.88. The lowest BCUT2D eigenvalue weighted by atomic mass is 9.86. The van der Waals surface area contributed by atoms with Crippen LogP contribution in [0.15, 0.2) is 0 Å². The highest BCUT2D eigenvalue weighted by atomic mass is 32.2. The van der Waals surface area contributed by atoms with E-state index in [4.69, 9.17) is 5.11 Å². The molecule has 16 heavy (non-hydrogen) atoms. The molecule has 0 amide bonds. The first-order chi connectivity index (χ1) is 7.38. The zero-order valence-corrected chi connectivity index (χ0v) is 10.3. The molecule has 6 heteroatoms. The van der Waals surface area contributed by atoms with Gasteiger partial charge in [0, 0.05) is 18.8 Å². The van der Waals surface area contributed by atoms with E-state index in [1.54, 1.807) is 0 Å². The van der Waals surface area contributed by atoms with Crippen LogP contribution < -0.4 is 5.32 Å². The van der Waals surface area contributed by atoms with Crippen LogP contribution in [0.25, 0.3) is 0 Å². The Balaban J connectivity index is 2.30. The van der Waals surface area contributed by atoms with Crippen LogP contribution in [0.3, 0.4) is 0 Å². The van der Waals surface area contributed by atoms with Gasteiger partial charge in [-0.15, -0.1) is 0 Å². The molecular weight excluding hydrogens is 230 g/mol. The van der Waals surface area contributed by atoms with E-state index >= 15 is 0 Å². The second-order valence-electron chi connectivity index (χ2n) is 4.48. The Morgan fingerprint density at radius 1 is 1.44 bits per heavy atom. The van der Waals surface area contributed by atoms with Gasteiger partial charge in [0.1, 0.15) is 9.84 Å². The van der Waals surface area contributed by atoms with Gasteiger partial charge in [-0.2, -0.15) is 0 Å². The van der Waals surface area contributed by atoms with E-state index in [2.05, 4.69) is 5.32 Å². The molecule has 0 saturated heterocycles. The fourth-order valence-corrected chi connectivity index (χ4v) is 2.54. The van der Waals surface area contributed by atoms with Crippen molar-refractivity contribution < 1.29 is 18.3 Å². The summed E-state index contributed by atoms with van der Waals surface area (Å²) in [5.41, 5.74) is 0. The van der Waals surface area contributed by atoms with Crippen molar-refractivity contribution in [2.75, 3.05) is 18.6 Å². The Hall–Kier alpha value is -0.620. The smallest absolute Gasteiger partial charge is 0.306 e. The zero-order chi connectivity index (χ0) is 12.2. The normalized spacial score (nSPS) is 26.6. The Morgan fingerprint density at radius 3 is 2.69 bits per heavy atom. The van der Waals surface area contributed by atoms with Crippen LogP contribution >= 0.6 is 0 Å². The molecule has 0 aromatic rings. The van der Waals surface area contributed by atoms with Gasteiger partial charge < -0.3 is 10.4 Å². The Kier molecular flexibility index (Phi) is 4.73. The summed E-state index contributed by atoms with van der Waals surface area (Å²) >= 11 is 0. The maximum Gasteiger partial charge on any atom is 0.306 e. The zero-order valence-electron chi connectivity index (χ0n) is 9.48. The van der Waals surface area contributed by atoms with Crippen molar-refractivity contribution >= 4 is 15.8 Å². The van der Waals surface area contributed by atoms with Gasteiger partial charge in [0.05, 0.1) is 11.7 Å².